The van der Waals surface area contributed by atoms with Gasteiger partial charge in [0.15, 0.2) is 0 Å². The van der Waals surface area contributed by atoms with Crippen molar-refractivity contribution in [3.05, 3.63) is 17.0 Å². The second-order valence-corrected chi connectivity index (χ2v) is 2.38. The second-order valence-electron chi connectivity index (χ2n) is 2.04. The van der Waals surface area contributed by atoms with Crippen molar-refractivity contribution >= 4 is 17.4 Å². The van der Waals surface area contributed by atoms with Gasteiger partial charge in [-0.1, -0.05) is 0 Å². The van der Waals surface area contributed by atoms with E-state index in [-0.39, 0.29) is 5.28 Å². The lowest BCUT2D eigenvalue weighted by Gasteiger charge is -2.02. The first-order valence-corrected chi connectivity index (χ1v) is 3.82. The molecule has 0 atom stereocenters. The Morgan fingerprint density at radius 1 is 1.75 bits per heavy atom. The quantitative estimate of drug-likeness (QED) is 0.703. The van der Waals surface area contributed by atoms with Crippen molar-refractivity contribution in [3.8, 4) is 6.07 Å². The number of nitrogens with one attached hydrogen (secondary N) is 1. The third-order valence-corrected chi connectivity index (χ3v) is 1.41. The van der Waals surface area contributed by atoms with Gasteiger partial charge in [-0.3, -0.25) is 0 Å². The molecule has 0 aliphatic heterocycles. The summed E-state index contributed by atoms with van der Waals surface area (Å²) in [5.74, 6) is 0.486. The van der Waals surface area contributed by atoms with Crippen LogP contribution < -0.4 is 5.32 Å². The van der Waals surface area contributed by atoms with Gasteiger partial charge in [-0.2, -0.15) is 10.2 Å². The first-order valence-electron chi connectivity index (χ1n) is 3.44. The van der Waals surface area contributed by atoms with E-state index < -0.39 is 0 Å². The molecule has 0 unspecified atom stereocenters. The molecule has 0 amide bonds. The Morgan fingerprint density at radius 3 is 3.08 bits per heavy atom. The monoisotopic (exact) mass is 182 g/mol. The van der Waals surface area contributed by atoms with Gasteiger partial charge in [0.1, 0.15) is 17.5 Å². The third-order valence-electron chi connectivity index (χ3n) is 1.22. The zero-order valence-electron chi connectivity index (χ0n) is 6.50. The molecule has 0 aliphatic rings. The number of nitrogens with zero attached hydrogens (tertiary/aromatic N) is 3. The minimum absolute atomic E-state index is 0.143. The van der Waals surface area contributed by atoms with Crippen molar-refractivity contribution in [2.45, 2.75) is 6.92 Å². The van der Waals surface area contributed by atoms with E-state index in [0.29, 0.717) is 17.9 Å². The van der Waals surface area contributed by atoms with Crippen LogP contribution >= 0.6 is 11.6 Å². The predicted octanol–water partition coefficient (Wildman–Crippen LogP) is 1.43. The van der Waals surface area contributed by atoms with Gasteiger partial charge in [0.2, 0.25) is 5.28 Å². The van der Waals surface area contributed by atoms with Crippen molar-refractivity contribution in [2.24, 2.45) is 0 Å². The number of nitriles is 1. The number of rotatable bonds is 2. The Kier molecular flexibility index (Phi) is 2.83. The maximum atomic E-state index is 8.62. The van der Waals surface area contributed by atoms with Crippen LogP contribution in [0.4, 0.5) is 5.82 Å². The SMILES string of the molecule is CCNc1nc(Cl)ncc1C#N. The molecular formula is C7H7ClN4. The summed E-state index contributed by atoms with van der Waals surface area (Å²) in [6, 6.07) is 1.96. The number of anilines is 1. The molecule has 0 bridgehead atoms. The van der Waals surface area contributed by atoms with Gasteiger partial charge in [-0.05, 0) is 18.5 Å². The van der Waals surface area contributed by atoms with Gasteiger partial charge in [0.05, 0.1) is 6.20 Å². The normalized spacial score (nSPS) is 9.08. The molecule has 0 saturated carbocycles. The maximum absolute atomic E-state index is 8.62. The molecule has 5 heteroatoms. The number of halogens is 1. The van der Waals surface area contributed by atoms with E-state index in [2.05, 4.69) is 15.3 Å². The van der Waals surface area contributed by atoms with Crippen molar-refractivity contribution in [1.29, 1.82) is 5.26 Å². The minimum Gasteiger partial charge on any atom is -0.369 e. The lowest BCUT2D eigenvalue weighted by molar-refractivity contribution is 1.10. The maximum Gasteiger partial charge on any atom is 0.224 e. The van der Waals surface area contributed by atoms with Crippen molar-refractivity contribution < 1.29 is 0 Å². The smallest absolute Gasteiger partial charge is 0.224 e. The highest BCUT2D eigenvalue weighted by Gasteiger charge is 2.03. The minimum atomic E-state index is 0.143. The number of hydrogen-bond acceptors (Lipinski definition) is 4. The van der Waals surface area contributed by atoms with Crippen LogP contribution in [-0.2, 0) is 0 Å². The Morgan fingerprint density at radius 2 is 2.50 bits per heavy atom. The van der Waals surface area contributed by atoms with Crippen molar-refractivity contribution in [2.75, 3.05) is 11.9 Å². The molecule has 0 radical (unpaired) electrons. The fraction of sp³-hybridized carbons (Fsp3) is 0.286. The summed E-state index contributed by atoms with van der Waals surface area (Å²) >= 11 is 5.54. The molecule has 0 spiro atoms. The predicted molar refractivity (Wildman–Crippen MR) is 45.9 cm³/mol. The van der Waals surface area contributed by atoms with Crippen LogP contribution in [0.25, 0.3) is 0 Å². The molecule has 4 nitrogen and oxygen atoms in total. The van der Waals surface area contributed by atoms with Crippen LogP contribution in [0.3, 0.4) is 0 Å². The third kappa shape index (κ3) is 1.83. The Labute approximate surface area is 75.2 Å². The molecule has 1 rings (SSSR count). The zero-order valence-corrected chi connectivity index (χ0v) is 7.26. The van der Waals surface area contributed by atoms with E-state index >= 15 is 0 Å². The second kappa shape index (κ2) is 3.88. The van der Waals surface area contributed by atoms with Crippen molar-refractivity contribution in [1.82, 2.24) is 9.97 Å². The van der Waals surface area contributed by atoms with Gasteiger partial charge < -0.3 is 5.32 Å². The van der Waals surface area contributed by atoms with E-state index in [1.807, 2.05) is 13.0 Å². The summed E-state index contributed by atoms with van der Waals surface area (Å²) in [6.45, 7) is 2.61. The fourth-order valence-electron chi connectivity index (χ4n) is 0.744. The fourth-order valence-corrected chi connectivity index (χ4v) is 0.878. The zero-order chi connectivity index (χ0) is 8.97. The van der Waals surface area contributed by atoms with Crippen LogP contribution in [0.15, 0.2) is 6.20 Å². The van der Waals surface area contributed by atoms with Gasteiger partial charge >= 0.3 is 0 Å². The lowest BCUT2D eigenvalue weighted by Crippen LogP contribution is -2.02. The number of aromatic nitrogens is 2. The van der Waals surface area contributed by atoms with Gasteiger partial charge in [-0.25, -0.2) is 4.98 Å². The Hall–Kier alpha value is -1.34. The van der Waals surface area contributed by atoms with Crippen molar-refractivity contribution in [3.63, 3.8) is 0 Å². The lowest BCUT2D eigenvalue weighted by atomic mass is 10.3. The van der Waals surface area contributed by atoms with Crippen LogP contribution in [0, 0.1) is 11.3 Å². The summed E-state index contributed by atoms with van der Waals surface area (Å²) in [6.07, 6.45) is 1.40. The molecule has 62 valence electrons. The summed E-state index contributed by atoms with van der Waals surface area (Å²) in [5.41, 5.74) is 0.404. The summed E-state index contributed by atoms with van der Waals surface area (Å²) in [5, 5.41) is 11.7. The van der Waals surface area contributed by atoms with E-state index in [1.165, 1.54) is 6.20 Å². The average Bonchev–Trinajstić information content (AvgIpc) is 2.05. The van der Waals surface area contributed by atoms with E-state index in [9.17, 15) is 0 Å². The van der Waals surface area contributed by atoms with Crippen LogP contribution in [0.1, 0.15) is 12.5 Å². The first kappa shape index (κ1) is 8.75. The molecule has 1 aromatic heterocycles. The Bertz CT molecular complexity index is 318. The summed E-state index contributed by atoms with van der Waals surface area (Å²) in [7, 11) is 0. The highest BCUT2D eigenvalue weighted by atomic mass is 35.5. The van der Waals surface area contributed by atoms with Crippen LogP contribution in [0.5, 0.6) is 0 Å². The van der Waals surface area contributed by atoms with Gasteiger partial charge in [0.25, 0.3) is 0 Å². The molecule has 0 saturated heterocycles. The summed E-state index contributed by atoms with van der Waals surface area (Å²) < 4.78 is 0. The largest absolute Gasteiger partial charge is 0.369 e. The van der Waals surface area contributed by atoms with E-state index in [1.54, 1.807) is 0 Å². The standard InChI is InChI=1S/C7H7ClN4/c1-2-10-6-5(3-9)4-11-7(8)12-6/h4H,2H2,1H3,(H,10,11,12). The molecular weight excluding hydrogens is 176 g/mol. The molecule has 0 aromatic carbocycles. The summed E-state index contributed by atoms with van der Waals surface area (Å²) in [4.78, 5) is 7.54. The van der Waals surface area contributed by atoms with Gasteiger partial charge in [0, 0.05) is 6.54 Å². The van der Waals surface area contributed by atoms with E-state index in [0.717, 1.165) is 0 Å². The highest BCUT2D eigenvalue weighted by Crippen LogP contribution is 2.11. The van der Waals surface area contributed by atoms with Gasteiger partial charge in [-0.15, -0.1) is 0 Å². The molecule has 1 heterocycles. The average molecular weight is 183 g/mol. The van der Waals surface area contributed by atoms with E-state index in [4.69, 9.17) is 16.9 Å². The molecule has 0 fully saturated rings. The van der Waals surface area contributed by atoms with Crippen LogP contribution in [-0.4, -0.2) is 16.5 Å². The number of hydrogen-bond donors (Lipinski definition) is 1. The molecule has 1 N–H and O–H groups in total. The first-order chi connectivity index (χ1) is 5.77. The topological polar surface area (TPSA) is 61.6 Å². The Balaban J connectivity index is 3.06. The van der Waals surface area contributed by atoms with Crippen LogP contribution in [0.2, 0.25) is 5.28 Å². The molecule has 12 heavy (non-hydrogen) atoms. The highest BCUT2D eigenvalue weighted by molar-refractivity contribution is 6.28. The molecule has 1 aromatic rings. The molecule has 0 aliphatic carbocycles.